The van der Waals surface area contributed by atoms with Crippen LogP contribution in [-0.2, 0) is 4.79 Å². The Balaban J connectivity index is 2.36. The molecule has 1 aliphatic rings. The highest BCUT2D eigenvalue weighted by Gasteiger charge is 2.30. The van der Waals surface area contributed by atoms with Gasteiger partial charge in [-0.2, -0.15) is 4.39 Å². The Morgan fingerprint density at radius 1 is 1.33 bits per heavy atom. The van der Waals surface area contributed by atoms with Gasteiger partial charge in [-0.3, -0.25) is 19.7 Å². The first-order valence-electron chi connectivity index (χ1n) is 6.10. The fourth-order valence-electron chi connectivity index (χ4n) is 2.01. The number of nitro benzene ring substituents is 1. The number of hydrogen-bond donors (Lipinski definition) is 1. The first-order valence-corrected chi connectivity index (χ1v) is 6.10. The zero-order valence-corrected chi connectivity index (χ0v) is 10.8. The molecular weight excluding hydrogens is 288 g/mol. The monoisotopic (exact) mass is 299 g/mol. The van der Waals surface area contributed by atoms with Crippen LogP contribution in [0.4, 0.5) is 14.5 Å². The van der Waals surface area contributed by atoms with Crippen LogP contribution in [0.15, 0.2) is 12.1 Å². The van der Waals surface area contributed by atoms with Gasteiger partial charge < -0.3 is 10.2 Å². The minimum atomic E-state index is -1.51. The zero-order valence-electron chi connectivity index (χ0n) is 10.8. The van der Waals surface area contributed by atoms with Crippen molar-refractivity contribution in [2.45, 2.75) is 6.42 Å². The molecule has 1 aromatic carbocycles. The second-order valence-corrected chi connectivity index (χ2v) is 4.40. The van der Waals surface area contributed by atoms with E-state index in [0.717, 1.165) is 4.90 Å². The summed E-state index contributed by atoms with van der Waals surface area (Å²) in [6.07, 6.45) is 0.00387. The normalized spacial score (nSPS) is 15.3. The van der Waals surface area contributed by atoms with E-state index in [1.165, 1.54) is 0 Å². The molecule has 0 spiro atoms. The van der Waals surface area contributed by atoms with Gasteiger partial charge in [0, 0.05) is 32.1 Å². The van der Waals surface area contributed by atoms with E-state index in [0.29, 0.717) is 12.1 Å². The molecule has 112 valence electrons. The van der Waals surface area contributed by atoms with E-state index in [1.54, 1.807) is 0 Å². The molecule has 2 amide bonds. The lowest BCUT2D eigenvalue weighted by molar-refractivity contribution is -0.387. The molecule has 1 aromatic rings. The Kier molecular flexibility index (Phi) is 4.10. The average Bonchev–Trinajstić information content (AvgIpc) is 2.63. The van der Waals surface area contributed by atoms with Crippen molar-refractivity contribution in [2.75, 3.05) is 19.6 Å². The van der Waals surface area contributed by atoms with Gasteiger partial charge in [-0.25, -0.2) is 4.39 Å². The summed E-state index contributed by atoms with van der Waals surface area (Å²) >= 11 is 0. The average molecular weight is 299 g/mol. The predicted molar refractivity (Wildman–Crippen MR) is 66.5 cm³/mol. The SMILES string of the molecule is O=C1CCN(C(=O)c2c(F)ccc([N+](=O)[O-])c2F)CCN1. The van der Waals surface area contributed by atoms with Gasteiger partial charge in [0.1, 0.15) is 11.4 Å². The number of hydrogen-bond acceptors (Lipinski definition) is 4. The number of halogens is 2. The summed E-state index contributed by atoms with van der Waals surface area (Å²) in [5.74, 6) is -3.96. The van der Waals surface area contributed by atoms with Gasteiger partial charge in [0.25, 0.3) is 5.91 Å². The van der Waals surface area contributed by atoms with Crippen LogP contribution in [0.25, 0.3) is 0 Å². The lowest BCUT2D eigenvalue weighted by Crippen LogP contribution is -2.35. The summed E-state index contributed by atoms with van der Waals surface area (Å²) in [5, 5.41) is 13.2. The maximum absolute atomic E-state index is 14.0. The van der Waals surface area contributed by atoms with Gasteiger partial charge in [-0.1, -0.05) is 0 Å². The van der Waals surface area contributed by atoms with Gasteiger partial charge in [-0.15, -0.1) is 0 Å². The molecule has 2 rings (SSSR count). The second kappa shape index (κ2) is 5.81. The van der Waals surface area contributed by atoms with Crippen LogP contribution in [0.3, 0.4) is 0 Å². The van der Waals surface area contributed by atoms with Crippen molar-refractivity contribution in [3.8, 4) is 0 Å². The molecular formula is C12H11F2N3O4. The van der Waals surface area contributed by atoms with Crippen molar-refractivity contribution < 1.29 is 23.3 Å². The highest BCUT2D eigenvalue weighted by molar-refractivity contribution is 5.96. The van der Waals surface area contributed by atoms with E-state index < -0.39 is 33.7 Å². The Hall–Kier alpha value is -2.58. The van der Waals surface area contributed by atoms with E-state index in [2.05, 4.69) is 5.32 Å². The highest BCUT2D eigenvalue weighted by atomic mass is 19.1. The van der Waals surface area contributed by atoms with Gasteiger partial charge in [0.05, 0.1) is 4.92 Å². The zero-order chi connectivity index (χ0) is 15.6. The summed E-state index contributed by atoms with van der Waals surface area (Å²) in [6, 6.07) is 1.34. The van der Waals surface area contributed by atoms with Gasteiger partial charge in [0.15, 0.2) is 0 Å². The van der Waals surface area contributed by atoms with E-state index in [-0.39, 0.29) is 32.0 Å². The topological polar surface area (TPSA) is 92.5 Å². The maximum Gasteiger partial charge on any atom is 0.305 e. The highest BCUT2D eigenvalue weighted by Crippen LogP contribution is 2.24. The smallest absolute Gasteiger partial charge is 0.305 e. The Labute approximate surface area is 117 Å². The van der Waals surface area contributed by atoms with Crippen LogP contribution >= 0.6 is 0 Å². The van der Waals surface area contributed by atoms with Crippen molar-refractivity contribution in [2.24, 2.45) is 0 Å². The van der Waals surface area contributed by atoms with Crippen LogP contribution in [0.5, 0.6) is 0 Å². The maximum atomic E-state index is 14.0. The molecule has 0 unspecified atom stereocenters. The number of amides is 2. The Morgan fingerprint density at radius 3 is 2.71 bits per heavy atom. The lowest BCUT2D eigenvalue weighted by atomic mass is 10.1. The number of nitrogens with zero attached hydrogens (tertiary/aromatic N) is 2. The van der Waals surface area contributed by atoms with Crippen molar-refractivity contribution in [1.29, 1.82) is 0 Å². The number of rotatable bonds is 2. The molecule has 1 heterocycles. The molecule has 1 N–H and O–H groups in total. The fourth-order valence-corrected chi connectivity index (χ4v) is 2.01. The van der Waals surface area contributed by atoms with Crippen molar-refractivity contribution >= 4 is 17.5 Å². The van der Waals surface area contributed by atoms with E-state index >= 15 is 0 Å². The predicted octanol–water partition coefficient (Wildman–Crippen LogP) is 0.835. The second-order valence-electron chi connectivity index (χ2n) is 4.40. The molecule has 1 fully saturated rings. The van der Waals surface area contributed by atoms with Crippen molar-refractivity contribution in [3.05, 3.63) is 39.4 Å². The molecule has 21 heavy (non-hydrogen) atoms. The van der Waals surface area contributed by atoms with Crippen LogP contribution < -0.4 is 5.32 Å². The van der Waals surface area contributed by atoms with Crippen LogP contribution in [0.2, 0.25) is 0 Å². The Morgan fingerprint density at radius 2 is 2.05 bits per heavy atom. The molecule has 0 radical (unpaired) electrons. The minimum absolute atomic E-state index is 0.00387. The van der Waals surface area contributed by atoms with Crippen LogP contribution in [-0.4, -0.2) is 41.3 Å². The van der Waals surface area contributed by atoms with E-state index in [4.69, 9.17) is 0 Å². The first-order chi connectivity index (χ1) is 9.91. The van der Waals surface area contributed by atoms with Crippen LogP contribution in [0.1, 0.15) is 16.8 Å². The van der Waals surface area contributed by atoms with Gasteiger partial charge >= 0.3 is 5.69 Å². The molecule has 0 atom stereocenters. The standard InChI is InChI=1S/C12H11F2N3O4/c13-7-1-2-8(17(20)21)11(14)10(7)12(19)16-5-3-9(18)15-4-6-16/h1-2H,3-6H2,(H,15,18). The third-order valence-electron chi connectivity index (χ3n) is 3.08. The third kappa shape index (κ3) is 2.96. The van der Waals surface area contributed by atoms with Gasteiger partial charge in [-0.05, 0) is 6.07 Å². The summed E-state index contributed by atoms with van der Waals surface area (Å²) in [6.45, 7) is 0.223. The molecule has 0 aliphatic carbocycles. The molecule has 0 bridgehead atoms. The number of nitro groups is 1. The van der Waals surface area contributed by atoms with E-state index in [1.807, 2.05) is 0 Å². The number of nitrogens with one attached hydrogen (secondary N) is 1. The first kappa shape index (κ1) is 14.8. The molecule has 0 aromatic heterocycles. The van der Waals surface area contributed by atoms with Gasteiger partial charge in [0.2, 0.25) is 11.7 Å². The Bertz CT molecular complexity index is 621. The third-order valence-corrected chi connectivity index (χ3v) is 3.08. The quantitative estimate of drug-likeness (QED) is 0.647. The molecule has 0 saturated carbocycles. The summed E-state index contributed by atoms with van der Waals surface area (Å²) in [5.41, 5.74) is -1.94. The summed E-state index contributed by atoms with van der Waals surface area (Å²) in [7, 11) is 0. The number of carbonyl (C=O) groups excluding carboxylic acids is 2. The van der Waals surface area contributed by atoms with Crippen molar-refractivity contribution in [3.63, 3.8) is 0 Å². The van der Waals surface area contributed by atoms with E-state index in [9.17, 15) is 28.5 Å². The number of carbonyl (C=O) groups is 2. The lowest BCUT2D eigenvalue weighted by Gasteiger charge is -2.19. The van der Waals surface area contributed by atoms with Crippen molar-refractivity contribution in [1.82, 2.24) is 10.2 Å². The summed E-state index contributed by atoms with van der Waals surface area (Å²) in [4.78, 5) is 34.0. The molecule has 9 heteroatoms. The summed E-state index contributed by atoms with van der Waals surface area (Å²) < 4.78 is 27.6. The number of benzene rings is 1. The minimum Gasteiger partial charge on any atom is -0.354 e. The molecule has 1 saturated heterocycles. The fraction of sp³-hybridized carbons (Fsp3) is 0.333. The molecule has 1 aliphatic heterocycles. The largest absolute Gasteiger partial charge is 0.354 e. The van der Waals surface area contributed by atoms with Crippen LogP contribution in [0, 0.1) is 21.7 Å². The molecule has 7 nitrogen and oxygen atoms in total.